The largest absolute Gasteiger partial charge is 0.462 e. The molecular formula is C25H21NO5S. The van der Waals surface area contributed by atoms with E-state index in [1.165, 1.54) is 17.4 Å². The number of hydrogen-bond donors (Lipinski definition) is 1. The van der Waals surface area contributed by atoms with Crippen molar-refractivity contribution >= 4 is 39.2 Å². The fourth-order valence-electron chi connectivity index (χ4n) is 3.41. The maximum Gasteiger partial charge on any atom is 0.341 e. The molecule has 0 saturated carbocycles. The molecule has 4 aromatic rings. The molecule has 2 aromatic carbocycles. The van der Waals surface area contributed by atoms with Crippen molar-refractivity contribution in [3.63, 3.8) is 0 Å². The van der Waals surface area contributed by atoms with Crippen molar-refractivity contribution in [1.82, 2.24) is 0 Å². The average molecular weight is 448 g/mol. The van der Waals surface area contributed by atoms with Crippen LogP contribution in [0.2, 0.25) is 0 Å². The van der Waals surface area contributed by atoms with Crippen molar-refractivity contribution in [3.8, 4) is 11.1 Å². The predicted molar refractivity (Wildman–Crippen MR) is 126 cm³/mol. The highest BCUT2D eigenvalue weighted by atomic mass is 32.1. The van der Waals surface area contributed by atoms with Gasteiger partial charge in [0, 0.05) is 17.0 Å². The van der Waals surface area contributed by atoms with Crippen LogP contribution in [-0.2, 0) is 4.74 Å². The van der Waals surface area contributed by atoms with Gasteiger partial charge in [0.15, 0.2) is 11.2 Å². The molecule has 2 aromatic heterocycles. The fraction of sp³-hybridized carbons (Fsp3) is 0.160. The lowest BCUT2D eigenvalue weighted by Gasteiger charge is -2.10. The molecule has 0 saturated heterocycles. The summed E-state index contributed by atoms with van der Waals surface area (Å²) in [5.74, 6) is -1.27. The number of nitrogens with one attached hydrogen (secondary N) is 1. The minimum atomic E-state index is -0.614. The average Bonchev–Trinajstić information content (AvgIpc) is 3.20. The number of thiophene rings is 1. The molecule has 32 heavy (non-hydrogen) atoms. The second-order valence-corrected chi connectivity index (χ2v) is 8.13. The normalized spacial score (nSPS) is 10.8. The van der Waals surface area contributed by atoms with Crippen LogP contribution in [0, 0.1) is 13.8 Å². The standard InChI is InChI=1S/C25H21NO5S/c1-4-30-25(29)21-18(16-8-6-5-7-9-16)13-32-24(21)26-23(28)20-12-19(27)17-11-10-14(2)15(3)22(17)31-20/h5-13H,4H2,1-3H3,(H,26,28). The van der Waals surface area contributed by atoms with Crippen molar-refractivity contribution in [1.29, 1.82) is 0 Å². The SMILES string of the molecule is CCOC(=O)c1c(-c2ccccc2)csc1NC(=O)c1cc(=O)c2ccc(C)c(C)c2o1. The summed E-state index contributed by atoms with van der Waals surface area (Å²) in [5, 5.41) is 5.27. The Morgan fingerprint density at radius 2 is 1.84 bits per heavy atom. The van der Waals surface area contributed by atoms with Crippen molar-refractivity contribution in [2.45, 2.75) is 20.8 Å². The van der Waals surface area contributed by atoms with Gasteiger partial charge in [-0.1, -0.05) is 36.4 Å². The molecular weight excluding hydrogens is 426 g/mol. The molecule has 0 bridgehead atoms. The zero-order chi connectivity index (χ0) is 22.8. The molecule has 0 radical (unpaired) electrons. The van der Waals surface area contributed by atoms with E-state index in [0.29, 0.717) is 21.5 Å². The summed E-state index contributed by atoms with van der Waals surface area (Å²) in [6.07, 6.45) is 0. The Morgan fingerprint density at radius 3 is 2.56 bits per heavy atom. The first-order valence-corrected chi connectivity index (χ1v) is 11.0. The summed E-state index contributed by atoms with van der Waals surface area (Å²) in [7, 11) is 0. The topological polar surface area (TPSA) is 85.6 Å². The Kier molecular flexibility index (Phi) is 5.92. The molecule has 6 nitrogen and oxygen atoms in total. The lowest BCUT2D eigenvalue weighted by Crippen LogP contribution is -2.17. The minimum Gasteiger partial charge on any atom is -0.462 e. The maximum absolute atomic E-state index is 13.0. The van der Waals surface area contributed by atoms with E-state index in [1.807, 2.05) is 50.2 Å². The Labute approximate surface area is 188 Å². The van der Waals surface area contributed by atoms with Gasteiger partial charge in [-0.3, -0.25) is 9.59 Å². The molecule has 1 amide bonds. The van der Waals surface area contributed by atoms with Gasteiger partial charge in [-0.2, -0.15) is 0 Å². The van der Waals surface area contributed by atoms with Crippen LogP contribution in [-0.4, -0.2) is 18.5 Å². The Hall–Kier alpha value is -3.71. The first kappa shape index (κ1) is 21.5. The van der Waals surface area contributed by atoms with Crippen LogP contribution in [0.4, 0.5) is 5.00 Å². The molecule has 162 valence electrons. The number of ether oxygens (including phenoxy) is 1. The number of amides is 1. The van der Waals surface area contributed by atoms with E-state index in [4.69, 9.17) is 9.15 Å². The molecule has 1 N–H and O–H groups in total. The fourth-order valence-corrected chi connectivity index (χ4v) is 4.37. The molecule has 0 aliphatic heterocycles. The number of fused-ring (bicyclic) bond motifs is 1. The van der Waals surface area contributed by atoms with Crippen LogP contribution in [0.25, 0.3) is 22.1 Å². The Bertz CT molecular complexity index is 1380. The molecule has 2 heterocycles. The highest BCUT2D eigenvalue weighted by Gasteiger charge is 2.24. The Morgan fingerprint density at radius 1 is 1.09 bits per heavy atom. The maximum atomic E-state index is 13.0. The third-order valence-corrected chi connectivity index (χ3v) is 6.12. The molecule has 0 aliphatic carbocycles. The van der Waals surface area contributed by atoms with Gasteiger partial charge in [0.05, 0.1) is 12.0 Å². The first-order chi connectivity index (χ1) is 15.4. The van der Waals surface area contributed by atoms with Crippen molar-refractivity contribution < 1.29 is 18.7 Å². The number of anilines is 1. The van der Waals surface area contributed by atoms with Crippen molar-refractivity contribution in [2.24, 2.45) is 0 Å². The van der Waals surface area contributed by atoms with Crippen molar-refractivity contribution in [3.05, 3.63) is 86.6 Å². The van der Waals surface area contributed by atoms with Gasteiger partial charge in [0.1, 0.15) is 16.1 Å². The summed E-state index contributed by atoms with van der Waals surface area (Å²) in [4.78, 5) is 38.3. The van der Waals surface area contributed by atoms with E-state index < -0.39 is 11.9 Å². The van der Waals surface area contributed by atoms with E-state index in [1.54, 1.807) is 18.4 Å². The number of hydrogen-bond acceptors (Lipinski definition) is 6. The highest BCUT2D eigenvalue weighted by molar-refractivity contribution is 7.15. The third-order valence-electron chi connectivity index (χ3n) is 5.22. The molecule has 0 unspecified atom stereocenters. The van der Waals surface area contributed by atoms with Crippen LogP contribution in [0.15, 0.2) is 63.1 Å². The van der Waals surface area contributed by atoms with E-state index in [-0.39, 0.29) is 23.4 Å². The lowest BCUT2D eigenvalue weighted by atomic mass is 10.0. The molecule has 0 spiro atoms. The van der Waals surface area contributed by atoms with E-state index in [0.717, 1.165) is 16.7 Å². The Balaban J connectivity index is 1.75. The minimum absolute atomic E-state index is 0.124. The van der Waals surface area contributed by atoms with Gasteiger partial charge in [-0.15, -0.1) is 11.3 Å². The summed E-state index contributed by atoms with van der Waals surface area (Å²) < 4.78 is 11.0. The second kappa shape index (κ2) is 8.80. The van der Waals surface area contributed by atoms with E-state index >= 15 is 0 Å². The molecule has 0 atom stereocenters. The number of benzene rings is 2. The molecule has 0 aliphatic rings. The van der Waals surface area contributed by atoms with Crippen LogP contribution >= 0.6 is 11.3 Å². The second-order valence-electron chi connectivity index (χ2n) is 7.25. The summed E-state index contributed by atoms with van der Waals surface area (Å²) in [5.41, 5.74) is 3.58. The quantitative estimate of drug-likeness (QED) is 0.405. The lowest BCUT2D eigenvalue weighted by molar-refractivity contribution is 0.0529. The van der Waals surface area contributed by atoms with Crippen LogP contribution in [0.1, 0.15) is 39.0 Å². The molecule has 7 heteroatoms. The van der Waals surface area contributed by atoms with E-state index in [9.17, 15) is 14.4 Å². The smallest absolute Gasteiger partial charge is 0.341 e. The van der Waals surface area contributed by atoms with Gasteiger partial charge < -0.3 is 14.5 Å². The summed E-state index contributed by atoms with van der Waals surface area (Å²) in [6.45, 7) is 5.67. The number of aryl methyl sites for hydroxylation is 2. The summed E-state index contributed by atoms with van der Waals surface area (Å²) >= 11 is 1.21. The number of carbonyl (C=O) groups excluding carboxylic acids is 2. The molecule has 4 rings (SSSR count). The number of rotatable bonds is 5. The zero-order valence-electron chi connectivity index (χ0n) is 17.9. The van der Waals surface area contributed by atoms with Gasteiger partial charge in [-0.25, -0.2) is 4.79 Å². The van der Waals surface area contributed by atoms with Crippen LogP contribution in [0.3, 0.4) is 0 Å². The van der Waals surface area contributed by atoms with Crippen LogP contribution < -0.4 is 10.7 Å². The van der Waals surface area contributed by atoms with Gasteiger partial charge in [0.25, 0.3) is 5.91 Å². The first-order valence-electron chi connectivity index (χ1n) is 10.1. The predicted octanol–water partition coefficient (Wildman–Crippen LogP) is 5.57. The number of esters is 1. The molecule has 0 fully saturated rings. The third kappa shape index (κ3) is 3.94. The zero-order valence-corrected chi connectivity index (χ0v) is 18.7. The van der Waals surface area contributed by atoms with E-state index in [2.05, 4.69) is 5.32 Å². The summed E-state index contributed by atoms with van der Waals surface area (Å²) in [6, 6.07) is 14.1. The highest BCUT2D eigenvalue weighted by Crippen LogP contribution is 2.36. The van der Waals surface area contributed by atoms with Crippen molar-refractivity contribution in [2.75, 3.05) is 11.9 Å². The monoisotopic (exact) mass is 447 g/mol. The van der Waals surface area contributed by atoms with Crippen LogP contribution in [0.5, 0.6) is 0 Å². The van der Waals surface area contributed by atoms with Gasteiger partial charge in [-0.05, 0) is 43.5 Å². The number of carbonyl (C=O) groups is 2. The van der Waals surface area contributed by atoms with Gasteiger partial charge in [0.2, 0.25) is 0 Å². The van der Waals surface area contributed by atoms with Gasteiger partial charge >= 0.3 is 5.97 Å².